The Morgan fingerprint density at radius 3 is 2.56 bits per heavy atom. The number of hydrogen-bond donors (Lipinski definition) is 1. The second kappa shape index (κ2) is 4.39. The molecule has 1 N–H and O–H groups in total. The van der Waals surface area contributed by atoms with Crippen LogP contribution in [-0.4, -0.2) is 15.9 Å². The lowest BCUT2D eigenvalue weighted by Crippen LogP contribution is -2.26. The normalized spacial score (nSPS) is 10.8. The first-order chi connectivity index (χ1) is 7.75. The molecule has 0 fully saturated rings. The Balaban J connectivity index is 2.31. The zero-order chi connectivity index (χ0) is 11.4. The molecule has 0 saturated carbocycles. The molecule has 1 aromatic heterocycles. The highest BCUT2D eigenvalue weighted by Crippen LogP contribution is 1.93. The predicted octanol–water partition coefficient (Wildman–Crippen LogP) is 0.419. The Kier molecular flexibility index (Phi) is 2.77. The molecule has 0 unspecified atom stereocenters. The highest BCUT2D eigenvalue weighted by molar-refractivity contribution is 5.79. The molecule has 0 amide bonds. The number of nitrogens with zero attached hydrogens (tertiary/aromatic N) is 2. The van der Waals surface area contributed by atoms with E-state index < -0.39 is 11.2 Å². The van der Waals surface area contributed by atoms with E-state index in [1.807, 2.05) is 30.3 Å². The average Bonchev–Trinajstić information content (AvgIpc) is 2.29. The van der Waals surface area contributed by atoms with Crippen LogP contribution >= 0.6 is 0 Å². The van der Waals surface area contributed by atoms with Crippen molar-refractivity contribution in [3.8, 4) is 0 Å². The van der Waals surface area contributed by atoms with Gasteiger partial charge in [0.15, 0.2) is 0 Å². The monoisotopic (exact) mass is 215 g/mol. The van der Waals surface area contributed by atoms with Crippen molar-refractivity contribution in [2.45, 2.75) is 0 Å². The average molecular weight is 215 g/mol. The maximum absolute atomic E-state index is 11.3. The fourth-order valence-corrected chi connectivity index (χ4v) is 1.17. The van der Waals surface area contributed by atoms with Gasteiger partial charge in [0, 0.05) is 12.3 Å². The van der Waals surface area contributed by atoms with E-state index in [-0.39, 0.29) is 0 Å². The van der Waals surface area contributed by atoms with E-state index in [1.54, 1.807) is 6.21 Å². The lowest BCUT2D eigenvalue weighted by molar-refractivity contribution is 0.778. The molecule has 1 heterocycles. The summed E-state index contributed by atoms with van der Waals surface area (Å²) >= 11 is 0. The molecule has 0 atom stereocenters. The van der Waals surface area contributed by atoms with Crippen LogP contribution in [0, 0.1) is 0 Å². The summed E-state index contributed by atoms with van der Waals surface area (Å²) in [5.74, 6) is 0. The summed E-state index contributed by atoms with van der Waals surface area (Å²) in [6.07, 6.45) is 2.86. The minimum absolute atomic E-state index is 0.434. The Morgan fingerprint density at radius 2 is 1.88 bits per heavy atom. The number of benzene rings is 1. The smallest absolute Gasteiger partial charge is 0.272 e. The molecule has 0 bridgehead atoms. The summed E-state index contributed by atoms with van der Waals surface area (Å²) in [4.78, 5) is 24.2. The zero-order valence-corrected chi connectivity index (χ0v) is 8.33. The third-order valence-corrected chi connectivity index (χ3v) is 1.94. The van der Waals surface area contributed by atoms with Gasteiger partial charge in [0.05, 0.1) is 6.21 Å². The fourth-order valence-electron chi connectivity index (χ4n) is 1.17. The van der Waals surface area contributed by atoms with Gasteiger partial charge in [0.1, 0.15) is 0 Å². The minimum Gasteiger partial charge on any atom is -0.272 e. The van der Waals surface area contributed by atoms with E-state index >= 15 is 0 Å². The van der Waals surface area contributed by atoms with Crippen molar-refractivity contribution in [3.05, 3.63) is 69.0 Å². The van der Waals surface area contributed by atoms with Crippen LogP contribution in [0.25, 0.3) is 0 Å². The summed E-state index contributed by atoms with van der Waals surface area (Å²) in [5, 5.41) is 3.93. The van der Waals surface area contributed by atoms with E-state index in [2.05, 4.69) is 10.1 Å². The largest absolute Gasteiger partial charge is 0.348 e. The van der Waals surface area contributed by atoms with Crippen LogP contribution in [0.4, 0.5) is 0 Å². The van der Waals surface area contributed by atoms with Crippen LogP contribution in [0.5, 0.6) is 0 Å². The highest BCUT2D eigenvalue weighted by atomic mass is 16.2. The molecule has 0 saturated heterocycles. The standard InChI is InChI=1S/C11H9N3O2/c15-10-6-7-14(11(16)13-10)12-8-9-4-2-1-3-5-9/h1-8H,(H,13,15,16). The third-order valence-electron chi connectivity index (χ3n) is 1.94. The molecule has 0 aliphatic rings. The van der Waals surface area contributed by atoms with Gasteiger partial charge in [-0.25, -0.2) is 4.79 Å². The molecular formula is C11H9N3O2. The Labute approximate surface area is 90.7 Å². The van der Waals surface area contributed by atoms with Gasteiger partial charge in [-0.15, -0.1) is 0 Å². The molecule has 0 aliphatic heterocycles. The van der Waals surface area contributed by atoms with Gasteiger partial charge < -0.3 is 0 Å². The lowest BCUT2D eigenvalue weighted by atomic mass is 10.2. The Morgan fingerprint density at radius 1 is 1.12 bits per heavy atom. The number of aromatic nitrogens is 2. The van der Waals surface area contributed by atoms with E-state index in [9.17, 15) is 9.59 Å². The highest BCUT2D eigenvalue weighted by Gasteiger charge is 1.92. The molecule has 0 aliphatic carbocycles. The predicted molar refractivity (Wildman–Crippen MR) is 60.8 cm³/mol. The lowest BCUT2D eigenvalue weighted by Gasteiger charge is -1.95. The van der Waals surface area contributed by atoms with Crippen molar-refractivity contribution in [3.63, 3.8) is 0 Å². The van der Waals surface area contributed by atoms with Crippen molar-refractivity contribution >= 4 is 6.21 Å². The van der Waals surface area contributed by atoms with Crippen LogP contribution in [0.1, 0.15) is 5.56 Å². The van der Waals surface area contributed by atoms with Gasteiger partial charge >= 0.3 is 5.69 Å². The molecule has 2 aromatic rings. The molecule has 0 spiro atoms. The summed E-state index contributed by atoms with van der Waals surface area (Å²) in [7, 11) is 0. The fraction of sp³-hybridized carbons (Fsp3) is 0. The molecule has 0 radical (unpaired) electrons. The van der Waals surface area contributed by atoms with E-state index in [0.29, 0.717) is 0 Å². The molecular weight excluding hydrogens is 206 g/mol. The molecule has 2 rings (SSSR count). The molecule has 5 heteroatoms. The second-order valence-corrected chi connectivity index (χ2v) is 3.11. The first kappa shape index (κ1) is 10.1. The van der Waals surface area contributed by atoms with E-state index in [4.69, 9.17) is 0 Å². The van der Waals surface area contributed by atoms with Gasteiger partial charge in [-0.1, -0.05) is 30.3 Å². The molecule has 80 valence electrons. The number of nitrogens with one attached hydrogen (secondary N) is 1. The van der Waals surface area contributed by atoms with Crippen molar-refractivity contribution in [2.24, 2.45) is 5.10 Å². The molecule has 16 heavy (non-hydrogen) atoms. The molecule has 5 nitrogen and oxygen atoms in total. The third kappa shape index (κ3) is 2.33. The van der Waals surface area contributed by atoms with Gasteiger partial charge in [0.25, 0.3) is 5.56 Å². The summed E-state index contributed by atoms with van der Waals surface area (Å²) in [5.41, 5.74) is -0.114. The Bertz CT molecular complexity index is 611. The van der Waals surface area contributed by atoms with Crippen LogP contribution in [0.15, 0.2) is 57.3 Å². The Hall–Kier alpha value is -2.43. The first-order valence-corrected chi connectivity index (χ1v) is 4.67. The maximum Gasteiger partial charge on any atom is 0.348 e. The van der Waals surface area contributed by atoms with E-state index in [1.165, 1.54) is 12.3 Å². The maximum atomic E-state index is 11.3. The van der Waals surface area contributed by atoms with Gasteiger partial charge in [-0.05, 0) is 5.56 Å². The summed E-state index contributed by atoms with van der Waals surface area (Å²) < 4.78 is 1.06. The second-order valence-electron chi connectivity index (χ2n) is 3.11. The number of H-pyrrole nitrogens is 1. The summed E-state index contributed by atoms with van der Waals surface area (Å²) in [6, 6.07) is 10.6. The van der Waals surface area contributed by atoms with Crippen LogP contribution < -0.4 is 11.2 Å². The zero-order valence-electron chi connectivity index (χ0n) is 8.33. The minimum atomic E-state index is -0.556. The van der Waals surface area contributed by atoms with Crippen molar-refractivity contribution < 1.29 is 0 Å². The van der Waals surface area contributed by atoms with Crippen molar-refractivity contribution in [1.29, 1.82) is 0 Å². The number of aromatic amines is 1. The number of hydrogen-bond acceptors (Lipinski definition) is 3. The van der Waals surface area contributed by atoms with Gasteiger partial charge in [-0.3, -0.25) is 9.78 Å². The first-order valence-electron chi connectivity index (χ1n) is 4.67. The quantitative estimate of drug-likeness (QED) is 0.737. The SMILES string of the molecule is O=c1ccn(N=Cc2ccccc2)c(=O)[nH]1. The number of rotatable bonds is 2. The van der Waals surface area contributed by atoms with Crippen molar-refractivity contribution in [2.75, 3.05) is 0 Å². The topological polar surface area (TPSA) is 67.2 Å². The summed E-state index contributed by atoms with van der Waals surface area (Å²) in [6.45, 7) is 0. The van der Waals surface area contributed by atoms with Gasteiger partial charge in [0.2, 0.25) is 0 Å². The van der Waals surface area contributed by atoms with E-state index in [0.717, 1.165) is 10.2 Å². The van der Waals surface area contributed by atoms with Crippen molar-refractivity contribution in [1.82, 2.24) is 9.66 Å². The molecule has 1 aromatic carbocycles. The van der Waals surface area contributed by atoms with Crippen LogP contribution in [-0.2, 0) is 0 Å². The van der Waals surface area contributed by atoms with Gasteiger partial charge in [-0.2, -0.15) is 9.78 Å². The van der Waals surface area contributed by atoms with Crippen LogP contribution in [0.2, 0.25) is 0 Å². The van der Waals surface area contributed by atoms with Crippen LogP contribution in [0.3, 0.4) is 0 Å².